The van der Waals surface area contributed by atoms with Gasteiger partial charge in [0.25, 0.3) is 0 Å². The number of fused-ring (bicyclic) bond motifs is 1. The number of amides is 1. The predicted octanol–water partition coefficient (Wildman–Crippen LogP) is 4.33. The van der Waals surface area contributed by atoms with Crippen LogP contribution in [0.15, 0.2) is 47.6 Å². The molecule has 1 amide bonds. The maximum absolute atomic E-state index is 12.4. The van der Waals surface area contributed by atoms with E-state index in [1.165, 1.54) is 42.2 Å². The third-order valence-corrected chi connectivity index (χ3v) is 6.26. The number of aromatic amines is 1. The van der Waals surface area contributed by atoms with Crippen LogP contribution in [0, 0.1) is 0 Å². The minimum Gasteiger partial charge on any atom is -0.497 e. The molecule has 0 aliphatic heterocycles. The summed E-state index contributed by atoms with van der Waals surface area (Å²) < 4.78 is 5.17. The van der Waals surface area contributed by atoms with E-state index < -0.39 is 0 Å². The molecule has 156 valence electrons. The number of nitrogens with zero attached hydrogens (tertiary/aromatic N) is 2. The SMILES string of the molecule is COc1ccc(-c2nc(SCC(=O)N[C@@H](C)c3ccc4c(c3)CCCC4)n[nH]2)cc1. The Morgan fingerprint density at radius 2 is 1.93 bits per heavy atom. The zero-order chi connectivity index (χ0) is 20.9. The smallest absolute Gasteiger partial charge is 0.230 e. The van der Waals surface area contributed by atoms with E-state index in [1.807, 2.05) is 31.2 Å². The highest BCUT2D eigenvalue weighted by Crippen LogP contribution is 2.25. The fourth-order valence-electron chi connectivity index (χ4n) is 3.71. The first-order chi connectivity index (χ1) is 14.6. The Morgan fingerprint density at radius 1 is 1.17 bits per heavy atom. The van der Waals surface area contributed by atoms with Crippen molar-refractivity contribution in [2.45, 2.75) is 43.8 Å². The molecular weight excluding hydrogens is 396 g/mol. The van der Waals surface area contributed by atoms with Gasteiger partial charge in [-0.2, -0.15) is 0 Å². The highest BCUT2D eigenvalue weighted by atomic mass is 32.2. The number of H-pyrrole nitrogens is 1. The van der Waals surface area contributed by atoms with Crippen molar-refractivity contribution in [3.8, 4) is 17.1 Å². The normalized spacial score (nSPS) is 14.1. The Hall–Kier alpha value is -2.80. The van der Waals surface area contributed by atoms with Gasteiger partial charge in [0.05, 0.1) is 18.9 Å². The molecule has 1 aromatic heterocycles. The number of carbonyl (C=O) groups is 1. The Bertz CT molecular complexity index is 1020. The Labute approximate surface area is 180 Å². The van der Waals surface area contributed by atoms with Gasteiger partial charge < -0.3 is 10.1 Å². The minimum absolute atomic E-state index is 0.0210. The van der Waals surface area contributed by atoms with E-state index >= 15 is 0 Å². The number of nitrogens with one attached hydrogen (secondary N) is 2. The fourth-order valence-corrected chi connectivity index (χ4v) is 4.32. The lowest BCUT2D eigenvalue weighted by atomic mass is 9.89. The van der Waals surface area contributed by atoms with Crippen molar-refractivity contribution in [2.24, 2.45) is 0 Å². The zero-order valence-electron chi connectivity index (χ0n) is 17.3. The molecule has 1 aliphatic carbocycles. The molecule has 0 bridgehead atoms. The number of methoxy groups -OCH3 is 1. The fraction of sp³-hybridized carbons (Fsp3) is 0.348. The molecule has 1 atom stereocenters. The van der Waals surface area contributed by atoms with E-state index in [9.17, 15) is 4.79 Å². The van der Waals surface area contributed by atoms with Gasteiger partial charge in [-0.25, -0.2) is 4.98 Å². The number of benzene rings is 2. The van der Waals surface area contributed by atoms with Gasteiger partial charge in [-0.1, -0.05) is 30.0 Å². The summed E-state index contributed by atoms with van der Waals surface area (Å²) in [5.41, 5.74) is 4.96. The van der Waals surface area contributed by atoms with Crippen molar-refractivity contribution in [3.63, 3.8) is 0 Å². The van der Waals surface area contributed by atoms with E-state index in [2.05, 4.69) is 38.7 Å². The Kier molecular flexibility index (Phi) is 6.38. The summed E-state index contributed by atoms with van der Waals surface area (Å²) in [4.78, 5) is 16.9. The number of ether oxygens (including phenoxy) is 1. The van der Waals surface area contributed by atoms with Crippen LogP contribution in [0.4, 0.5) is 0 Å². The lowest BCUT2D eigenvalue weighted by molar-refractivity contribution is -0.119. The molecule has 3 aromatic rings. The summed E-state index contributed by atoms with van der Waals surface area (Å²) >= 11 is 1.32. The van der Waals surface area contributed by atoms with Gasteiger partial charge in [0.15, 0.2) is 5.82 Å². The van der Waals surface area contributed by atoms with Crippen molar-refractivity contribution in [1.29, 1.82) is 0 Å². The molecule has 30 heavy (non-hydrogen) atoms. The summed E-state index contributed by atoms with van der Waals surface area (Å²) in [6, 6.07) is 14.2. The minimum atomic E-state index is -0.0268. The molecule has 0 unspecified atom stereocenters. The molecule has 0 saturated heterocycles. The van der Waals surface area contributed by atoms with Crippen LogP contribution in [0.2, 0.25) is 0 Å². The molecule has 6 nitrogen and oxygen atoms in total. The van der Waals surface area contributed by atoms with Crippen LogP contribution in [0.5, 0.6) is 5.75 Å². The van der Waals surface area contributed by atoms with Crippen LogP contribution in [0.1, 0.15) is 42.5 Å². The van der Waals surface area contributed by atoms with Crippen LogP contribution >= 0.6 is 11.8 Å². The molecule has 0 fully saturated rings. The van der Waals surface area contributed by atoms with E-state index in [4.69, 9.17) is 4.74 Å². The number of hydrogen-bond acceptors (Lipinski definition) is 5. The molecule has 1 aliphatic rings. The summed E-state index contributed by atoms with van der Waals surface area (Å²) in [7, 11) is 1.63. The number of thioether (sulfide) groups is 1. The van der Waals surface area contributed by atoms with Crippen molar-refractivity contribution >= 4 is 17.7 Å². The second kappa shape index (κ2) is 9.34. The van der Waals surface area contributed by atoms with Gasteiger partial charge in [0.2, 0.25) is 11.1 Å². The van der Waals surface area contributed by atoms with Gasteiger partial charge in [-0.05, 0) is 73.6 Å². The second-order valence-electron chi connectivity index (χ2n) is 7.51. The summed E-state index contributed by atoms with van der Waals surface area (Å²) in [6.45, 7) is 2.03. The number of aromatic nitrogens is 3. The van der Waals surface area contributed by atoms with Gasteiger partial charge >= 0.3 is 0 Å². The molecule has 2 N–H and O–H groups in total. The first-order valence-electron chi connectivity index (χ1n) is 10.2. The zero-order valence-corrected chi connectivity index (χ0v) is 18.1. The van der Waals surface area contributed by atoms with Crippen LogP contribution in [-0.4, -0.2) is 34.0 Å². The van der Waals surface area contributed by atoms with Gasteiger partial charge in [0.1, 0.15) is 5.75 Å². The van der Waals surface area contributed by atoms with Gasteiger partial charge in [-0.15, -0.1) is 5.10 Å². The van der Waals surface area contributed by atoms with Crippen LogP contribution < -0.4 is 10.1 Å². The molecule has 4 rings (SSSR count). The largest absolute Gasteiger partial charge is 0.497 e. The summed E-state index contributed by atoms with van der Waals surface area (Å²) in [5.74, 6) is 1.71. The monoisotopic (exact) mass is 422 g/mol. The van der Waals surface area contributed by atoms with Crippen LogP contribution in [0.25, 0.3) is 11.4 Å². The molecule has 1 heterocycles. The molecule has 0 spiro atoms. The molecular formula is C23H26N4O2S. The van der Waals surface area contributed by atoms with Crippen LogP contribution in [0.3, 0.4) is 0 Å². The van der Waals surface area contributed by atoms with E-state index in [1.54, 1.807) is 7.11 Å². The maximum atomic E-state index is 12.4. The molecule has 0 radical (unpaired) electrons. The highest BCUT2D eigenvalue weighted by molar-refractivity contribution is 7.99. The third-order valence-electron chi connectivity index (χ3n) is 5.41. The predicted molar refractivity (Wildman–Crippen MR) is 119 cm³/mol. The van der Waals surface area contributed by atoms with Crippen molar-refractivity contribution < 1.29 is 9.53 Å². The Morgan fingerprint density at radius 3 is 2.70 bits per heavy atom. The van der Waals surface area contributed by atoms with Crippen LogP contribution in [-0.2, 0) is 17.6 Å². The summed E-state index contributed by atoms with van der Waals surface area (Å²) in [5, 5.41) is 10.8. The number of aryl methyl sites for hydroxylation is 2. The standard InChI is InChI=1S/C23H26N4O2S/c1-15(18-8-7-16-5-3-4-6-19(16)13-18)24-21(28)14-30-23-25-22(26-27-23)17-9-11-20(29-2)12-10-17/h7-13,15H,3-6,14H2,1-2H3,(H,24,28)(H,25,26,27)/t15-/m0/s1. The lowest BCUT2D eigenvalue weighted by Gasteiger charge is -2.20. The van der Waals surface area contributed by atoms with Crippen molar-refractivity contribution in [1.82, 2.24) is 20.5 Å². The number of hydrogen-bond donors (Lipinski definition) is 2. The lowest BCUT2D eigenvalue weighted by Crippen LogP contribution is -2.28. The first kappa shape index (κ1) is 20.5. The highest BCUT2D eigenvalue weighted by Gasteiger charge is 2.15. The van der Waals surface area contributed by atoms with Gasteiger partial charge in [0, 0.05) is 5.56 Å². The summed E-state index contributed by atoms with van der Waals surface area (Å²) in [6.07, 6.45) is 4.84. The van der Waals surface area contributed by atoms with E-state index in [-0.39, 0.29) is 17.7 Å². The first-order valence-corrected chi connectivity index (χ1v) is 11.2. The average molecular weight is 423 g/mol. The van der Waals surface area contributed by atoms with Crippen molar-refractivity contribution in [3.05, 3.63) is 59.2 Å². The number of rotatable bonds is 7. The molecule has 2 aromatic carbocycles. The second-order valence-corrected chi connectivity index (χ2v) is 8.45. The molecule has 0 saturated carbocycles. The maximum Gasteiger partial charge on any atom is 0.230 e. The average Bonchev–Trinajstić information content (AvgIpc) is 3.26. The van der Waals surface area contributed by atoms with E-state index in [0.29, 0.717) is 11.0 Å². The van der Waals surface area contributed by atoms with E-state index in [0.717, 1.165) is 23.3 Å². The topological polar surface area (TPSA) is 79.9 Å². The number of carbonyl (C=O) groups excluding carboxylic acids is 1. The quantitative estimate of drug-likeness (QED) is 0.554. The molecule has 7 heteroatoms. The van der Waals surface area contributed by atoms with Gasteiger partial charge in [-0.3, -0.25) is 9.89 Å². The third kappa shape index (κ3) is 4.84. The van der Waals surface area contributed by atoms with Crippen molar-refractivity contribution in [2.75, 3.05) is 12.9 Å². The Balaban J connectivity index is 1.31.